The van der Waals surface area contributed by atoms with E-state index in [1.54, 1.807) is 0 Å². The molecule has 1 aliphatic heterocycles. The van der Waals surface area contributed by atoms with Crippen LogP contribution in [0.4, 0.5) is 0 Å². The number of nitrogens with zero attached hydrogens (tertiary/aromatic N) is 3. The predicted octanol–water partition coefficient (Wildman–Crippen LogP) is 1.09. The van der Waals surface area contributed by atoms with Crippen molar-refractivity contribution >= 4 is 5.97 Å². The number of esters is 1. The Kier molecular flexibility index (Phi) is 5.20. The van der Waals surface area contributed by atoms with Gasteiger partial charge in [0, 0.05) is 57.7 Å². The molecule has 0 aromatic carbocycles. The van der Waals surface area contributed by atoms with E-state index >= 15 is 0 Å². The Morgan fingerprint density at radius 3 is 2.85 bits per heavy atom. The number of carbonyl (C=O) groups is 1. The molecule has 1 fully saturated rings. The van der Waals surface area contributed by atoms with Crippen LogP contribution in [0, 0.1) is 0 Å². The Morgan fingerprint density at radius 1 is 1.45 bits per heavy atom. The highest BCUT2D eigenvalue weighted by Crippen LogP contribution is 2.14. The Balaban J connectivity index is 1.80. The monoisotopic (exact) mass is 279 g/mol. The molecular formula is C15H25N3O2. The van der Waals surface area contributed by atoms with Crippen LogP contribution in [0.15, 0.2) is 18.3 Å². The van der Waals surface area contributed by atoms with Crippen molar-refractivity contribution in [3.05, 3.63) is 24.0 Å². The summed E-state index contributed by atoms with van der Waals surface area (Å²) < 4.78 is 6.87. The van der Waals surface area contributed by atoms with Gasteiger partial charge in [0.2, 0.25) is 0 Å². The zero-order valence-electron chi connectivity index (χ0n) is 12.7. The van der Waals surface area contributed by atoms with Crippen LogP contribution in [0.1, 0.15) is 19.0 Å². The summed E-state index contributed by atoms with van der Waals surface area (Å²) in [4.78, 5) is 16.0. The molecule has 0 radical (unpaired) electrons. The number of ether oxygens (including phenoxy) is 1. The van der Waals surface area contributed by atoms with E-state index in [1.165, 1.54) is 12.8 Å². The zero-order chi connectivity index (χ0) is 14.5. The second-order valence-corrected chi connectivity index (χ2v) is 5.56. The van der Waals surface area contributed by atoms with Gasteiger partial charge in [0.15, 0.2) is 0 Å². The van der Waals surface area contributed by atoms with Crippen molar-refractivity contribution in [1.29, 1.82) is 0 Å². The number of hydrogen-bond donors (Lipinski definition) is 0. The molecule has 0 aliphatic carbocycles. The number of carbonyl (C=O) groups excluding carboxylic acids is 1. The van der Waals surface area contributed by atoms with Gasteiger partial charge < -0.3 is 9.30 Å². The van der Waals surface area contributed by atoms with E-state index in [2.05, 4.69) is 46.7 Å². The van der Waals surface area contributed by atoms with Crippen molar-refractivity contribution in [3.63, 3.8) is 0 Å². The molecular weight excluding hydrogens is 254 g/mol. The zero-order valence-corrected chi connectivity index (χ0v) is 12.7. The molecule has 1 aromatic heterocycles. The second-order valence-electron chi connectivity index (χ2n) is 5.56. The van der Waals surface area contributed by atoms with Gasteiger partial charge in [0.25, 0.3) is 0 Å². The summed E-state index contributed by atoms with van der Waals surface area (Å²) in [5, 5.41) is 0. The van der Waals surface area contributed by atoms with Gasteiger partial charge >= 0.3 is 5.97 Å². The quantitative estimate of drug-likeness (QED) is 0.756. The van der Waals surface area contributed by atoms with Gasteiger partial charge in [-0.1, -0.05) is 0 Å². The minimum Gasteiger partial charge on any atom is -0.469 e. The summed E-state index contributed by atoms with van der Waals surface area (Å²) in [6.45, 7) is 7.14. The van der Waals surface area contributed by atoms with E-state index in [-0.39, 0.29) is 5.97 Å². The topological polar surface area (TPSA) is 37.7 Å². The van der Waals surface area contributed by atoms with Crippen molar-refractivity contribution < 1.29 is 9.53 Å². The minimum absolute atomic E-state index is 0.121. The normalized spacial score (nSPS) is 21.1. The molecule has 20 heavy (non-hydrogen) atoms. The van der Waals surface area contributed by atoms with Crippen molar-refractivity contribution in [1.82, 2.24) is 14.4 Å². The van der Waals surface area contributed by atoms with Gasteiger partial charge in [-0.3, -0.25) is 14.6 Å². The van der Waals surface area contributed by atoms with Crippen LogP contribution in [0.3, 0.4) is 0 Å². The molecule has 0 amide bonds. The van der Waals surface area contributed by atoms with Crippen molar-refractivity contribution in [3.8, 4) is 0 Å². The average Bonchev–Trinajstić information content (AvgIpc) is 2.84. The number of aryl methyl sites for hydroxylation is 1. The first-order chi connectivity index (χ1) is 9.60. The lowest BCUT2D eigenvalue weighted by atomic mass is 10.1. The first-order valence-electron chi connectivity index (χ1n) is 7.23. The molecule has 5 nitrogen and oxygen atoms in total. The molecule has 1 saturated heterocycles. The summed E-state index contributed by atoms with van der Waals surface area (Å²) >= 11 is 0. The van der Waals surface area contributed by atoms with Gasteiger partial charge in [0.1, 0.15) is 0 Å². The maximum absolute atomic E-state index is 11.2. The number of piperazine rings is 1. The van der Waals surface area contributed by atoms with Crippen LogP contribution in [0.2, 0.25) is 0 Å². The number of methoxy groups -OCH3 is 1. The molecule has 1 aromatic rings. The van der Waals surface area contributed by atoms with Crippen molar-refractivity contribution in [2.24, 2.45) is 7.05 Å². The predicted molar refractivity (Wildman–Crippen MR) is 78.4 cm³/mol. The Labute approximate surface area is 121 Å². The van der Waals surface area contributed by atoms with Crippen LogP contribution < -0.4 is 0 Å². The maximum Gasteiger partial charge on any atom is 0.306 e. The molecule has 2 rings (SSSR count). The molecule has 1 aliphatic rings. The van der Waals surface area contributed by atoms with Gasteiger partial charge in [-0.2, -0.15) is 0 Å². The lowest BCUT2D eigenvalue weighted by Gasteiger charge is -2.39. The average molecular weight is 279 g/mol. The smallest absolute Gasteiger partial charge is 0.306 e. The molecule has 5 heteroatoms. The van der Waals surface area contributed by atoms with Crippen LogP contribution in [-0.4, -0.2) is 59.7 Å². The van der Waals surface area contributed by atoms with Crippen LogP contribution >= 0.6 is 0 Å². The fourth-order valence-electron chi connectivity index (χ4n) is 2.73. The molecule has 0 N–H and O–H groups in total. The van der Waals surface area contributed by atoms with E-state index in [9.17, 15) is 4.79 Å². The van der Waals surface area contributed by atoms with E-state index in [1.807, 2.05) is 0 Å². The van der Waals surface area contributed by atoms with Gasteiger partial charge in [-0.05, 0) is 19.1 Å². The maximum atomic E-state index is 11.2. The van der Waals surface area contributed by atoms with Gasteiger partial charge in [-0.25, -0.2) is 0 Å². The Hall–Kier alpha value is -1.33. The minimum atomic E-state index is -0.121. The number of rotatable bonds is 5. The molecule has 1 atom stereocenters. The van der Waals surface area contributed by atoms with Crippen molar-refractivity contribution in [2.75, 3.05) is 33.3 Å². The van der Waals surface area contributed by atoms with Crippen LogP contribution in [0.25, 0.3) is 0 Å². The SMILES string of the molecule is COC(=O)CCN1CCN(Cc2cccn2C)[C@H](C)C1. The lowest BCUT2D eigenvalue weighted by Crippen LogP contribution is -2.51. The highest BCUT2D eigenvalue weighted by atomic mass is 16.5. The highest BCUT2D eigenvalue weighted by molar-refractivity contribution is 5.69. The number of aromatic nitrogens is 1. The standard InChI is InChI=1S/C15H25N3O2/c1-13-11-17(8-6-15(19)20-3)9-10-18(13)12-14-5-4-7-16(14)2/h4-5,7,13H,6,8-12H2,1-3H3/t13-/m1/s1. The molecule has 0 unspecified atom stereocenters. The molecule has 112 valence electrons. The van der Waals surface area contributed by atoms with Crippen LogP contribution in [-0.2, 0) is 23.1 Å². The largest absolute Gasteiger partial charge is 0.469 e. The molecule has 0 spiro atoms. The van der Waals surface area contributed by atoms with E-state index in [4.69, 9.17) is 4.74 Å². The molecule has 0 saturated carbocycles. The van der Waals surface area contributed by atoms with Crippen LogP contribution in [0.5, 0.6) is 0 Å². The fraction of sp³-hybridized carbons (Fsp3) is 0.667. The second kappa shape index (κ2) is 6.90. The van der Waals surface area contributed by atoms with Crippen molar-refractivity contribution in [2.45, 2.75) is 25.9 Å². The Bertz CT molecular complexity index is 444. The summed E-state index contributed by atoms with van der Waals surface area (Å²) in [5.41, 5.74) is 1.35. The third-order valence-corrected chi connectivity index (χ3v) is 4.13. The van der Waals surface area contributed by atoms with E-state index in [0.29, 0.717) is 12.5 Å². The third kappa shape index (κ3) is 3.84. The molecule has 2 heterocycles. The third-order valence-electron chi connectivity index (χ3n) is 4.13. The Morgan fingerprint density at radius 2 is 2.25 bits per heavy atom. The highest BCUT2D eigenvalue weighted by Gasteiger charge is 2.24. The van der Waals surface area contributed by atoms with Gasteiger partial charge in [0.05, 0.1) is 13.5 Å². The summed E-state index contributed by atoms with van der Waals surface area (Å²) in [5.74, 6) is -0.121. The first kappa shape index (κ1) is 15.1. The summed E-state index contributed by atoms with van der Waals surface area (Å²) in [6.07, 6.45) is 2.58. The van der Waals surface area contributed by atoms with Gasteiger partial charge in [-0.15, -0.1) is 0 Å². The van der Waals surface area contributed by atoms with E-state index in [0.717, 1.165) is 32.7 Å². The molecule has 0 bridgehead atoms. The van der Waals surface area contributed by atoms with E-state index < -0.39 is 0 Å². The first-order valence-corrected chi connectivity index (χ1v) is 7.23. The summed E-state index contributed by atoms with van der Waals surface area (Å²) in [7, 11) is 3.54. The fourth-order valence-corrected chi connectivity index (χ4v) is 2.73. The summed E-state index contributed by atoms with van der Waals surface area (Å²) in [6, 6.07) is 4.78. The number of hydrogen-bond acceptors (Lipinski definition) is 4. The lowest BCUT2D eigenvalue weighted by molar-refractivity contribution is -0.141.